The summed E-state index contributed by atoms with van der Waals surface area (Å²) in [4.78, 5) is 0. The van der Waals surface area contributed by atoms with E-state index in [1.807, 2.05) is 0 Å². The predicted molar refractivity (Wildman–Crippen MR) is 122 cm³/mol. The molecular weight excluding hydrogens is 445 g/mol. The molecule has 24 N–H and O–H groups in total. The van der Waals surface area contributed by atoms with E-state index in [-0.39, 0.29) is 391 Å². The van der Waals surface area contributed by atoms with Crippen LogP contribution in [0, 0.1) is 0 Å². The van der Waals surface area contributed by atoms with Crippen molar-refractivity contribution in [1.82, 2.24) is 0 Å². The Bertz CT molecular complexity index is 23.0. The second-order valence-electron chi connectivity index (χ2n) is 0. The maximum absolute atomic E-state index is 0. The molecule has 0 aliphatic rings. The van der Waals surface area contributed by atoms with Gasteiger partial charge in [0.05, 0.1) is 0 Å². The molecule has 0 spiro atoms. The van der Waals surface area contributed by atoms with Crippen molar-refractivity contribution in [3.8, 4) is 0 Å². The zero-order valence-electron chi connectivity index (χ0n) is 6.00. The zero-order valence-corrected chi connectivity index (χ0v) is 6.00. The predicted octanol–water partition coefficient (Wildman–Crippen LogP) is -17.0. The van der Waals surface area contributed by atoms with E-state index in [4.69, 9.17) is 0 Å². The van der Waals surface area contributed by atoms with Crippen LogP contribution in [0.15, 0.2) is 0 Å². The molecule has 0 radical (unpaired) electrons. The van der Waals surface area contributed by atoms with Crippen LogP contribution in [0.4, 0.5) is 0 Å². The normalized spacial score (nSPS) is 0. The maximum atomic E-state index is 0. The molecule has 118 valence electrons. The first-order valence-corrected chi connectivity index (χ1v) is 0. The van der Waals surface area contributed by atoms with Gasteiger partial charge >= 0.3 is 325 Å². The first kappa shape index (κ1) is 320. The third-order valence-electron chi connectivity index (χ3n) is 0. The first-order chi connectivity index (χ1) is 0. The van der Waals surface area contributed by atoms with E-state index in [1.54, 1.807) is 0 Å². The molecule has 0 aromatic rings. The molecule has 0 saturated carbocycles. The van der Waals surface area contributed by atoms with E-state index in [1.165, 1.54) is 0 Å². The summed E-state index contributed by atoms with van der Waals surface area (Å²) in [7, 11) is 0. The van der Waals surface area contributed by atoms with Crippen LogP contribution in [0.3, 0.4) is 0 Å². The summed E-state index contributed by atoms with van der Waals surface area (Å²) in [6.07, 6.45) is 0. The topological polar surface area (TPSA) is 378 Å². The van der Waals surface area contributed by atoms with Gasteiger partial charge < -0.3 is 65.7 Å². The third-order valence-corrected chi connectivity index (χ3v) is 0. The Balaban J connectivity index is 0. The quantitative estimate of drug-likeness (QED) is 0.291. The Morgan fingerprint density at radius 3 is 0.0870 bits per heavy atom. The summed E-state index contributed by atoms with van der Waals surface area (Å²) in [5.41, 5.74) is 0. The van der Waals surface area contributed by atoms with Gasteiger partial charge in [-0.25, -0.2) is 0 Å². The molecule has 0 aliphatic heterocycles. The van der Waals surface area contributed by atoms with Gasteiger partial charge in [-0.15, -0.1) is 0 Å². The molecule has 0 amide bonds. The van der Waals surface area contributed by atoms with Crippen molar-refractivity contribution in [2.24, 2.45) is 0 Å². The Hall–Kier alpha value is 10.5. The fraction of sp³-hybridized carbons (Fsp3) is 0. The summed E-state index contributed by atoms with van der Waals surface area (Å²) < 4.78 is 0. The van der Waals surface area contributed by atoms with Crippen LogP contribution >= 0.6 is 0 Å². The molecule has 0 atom stereocenters. The Labute approximate surface area is 380 Å². The van der Waals surface area contributed by atoms with Gasteiger partial charge in [0, 0.05) is 0 Å². The van der Waals surface area contributed by atoms with Gasteiger partial charge in [0.2, 0.25) is 0 Å². The molecule has 23 heteroatoms. The molecule has 0 rings (SSSR count). The van der Waals surface area contributed by atoms with Crippen molar-refractivity contribution in [3.05, 3.63) is 0 Å². The third kappa shape index (κ3) is 274. The van der Waals surface area contributed by atoms with Gasteiger partial charge in [0.25, 0.3) is 0 Å². The molecule has 0 bridgehead atoms. The molecule has 0 aliphatic carbocycles. The van der Waals surface area contributed by atoms with Crippen LogP contribution in [0.2, 0.25) is 0 Å². The Morgan fingerprint density at radius 1 is 0.0870 bits per heavy atom. The van der Waals surface area contributed by atoms with Gasteiger partial charge in [-0.1, -0.05) is 0 Å². The minimum atomic E-state index is 0. The van der Waals surface area contributed by atoms with Gasteiger partial charge in [-0.3, -0.25) is 0 Å². The second-order valence-corrected chi connectivity index (χ2v) is 0. The summed E-state index contributed by atoms with van der Waals surface area (Å²) in [5.74, 6) is 0. The SMILES string of the molecule is O.O.O.O.O.O.O.O.O.O.O.O.[NaH].[NaH].[NaH].[NaH].[NaH].[NaH].[NaH].[NaH].[NaH].[NaH].[NaH]. The average molecular weight is 480 g/mol. The van der Waals surface area contributed by atoms with Gasteiger partial charge in [0.15, 0.2) is 0 Å². The zero-order chi connectivity index (χ0) is 0. The van der Waals surface area contributed by atoms with Crippen molar-refractivity contribution in [1.29, 1.82) is 0 Å². The molecule has 0 heterocycles. The molecule has 0 saturated heterocycles. The monoisotopic (exact) mass is 480 g/mol. The van der Waals surface area contributed by atoms with Crippen LogP contribution in [-0.2, 0) is 0 Å². The van der Waals surface area contributed by atoms with Crippen molar-refractivity contribution >= 4 is 325 Å². The van der Waals surface area contributed by atoms with E-state index >= 15 is 0 Å². The fourth-order valence-electron chi connectivity index (χ4n) is 0. The summed E-state index contributed by atoms with van der Waals surface area (Å²) >= 11 is 0. The van der Waals surface area contributed by atoms with Crippen LogP contribution in [0.5, 0.6) is 0 Å². The number of hydrogen-bond donors (Lipinski definition) is 0. The van der Waals surface area contributed by atoms with Crippen LogP contribution in [0.1, 0.15) is 0 Å². The number of rotatable bonds is 0. The second kappa shape index (κ2) is 292. The van der Waals surface area contributed by atoms with E-state index in [2.05, 4.69) is 0 Å². The summed E-state index contributed by atoms with van der Waals surface area (Å²) in [6.45, 7) is 0. The molecule has 0 aromatic heterocycles. The summed E-state index contributed by atoms with van der Waals surface area (Å²) in [5, 5.41) is 0. The van der Waals surface area contributed by atoms with Gasteiger partial charge in [-0.05, 0) is 0 Å². The standard InChI is InChI=1S/11Na.12H2O.11H/h;;;;;;;;;;;12*1H2;;;;;;;;;;;. The summed E-state index contributed by atoms with van der Waals surface area (Å²) in [6, 6.07) is 0. The molecule has 23 heavy (non-hydrogen) atoms. The average Bonchev–Trinajstić information content (AvgIpc) is 0. The van der Waals surface area contributed by atoms with E-state index < -0.39 is 0 Å². The number of hydrogen-bond acceptors (Lipinski definition) is 0. The van der Waals surface area contributed by atoms with E-state index in [9.17, 15) is 0 Å². The first-order valence-electron chi connectivity index (χ1n) is 0. The van der Waals surface area contributed by atoms with E-state index in [0.29, 0.717) is 0 Å². The Morgan fingerprint density at radius 2 is 0.0870 bits per heavy atom. The minimum absolute atomic E-state index is 0. The van der Waals surface area contributed by atoms with Crippen molar-refractivity contribution in [3.63, 3.8) is 0 Å². The molecule has 12 nitrogen and oxygen atoms in total. The van der Waals surface area contributed by atoms with Crippen LogP contribution < -0.4 is 0 Å². The van der Waals surface area contributed by atoms with E-state index in [0.717, 1.165) is 0 Å². The van der Waals surface area contributed by atoms with Crippen LogP contribution in [0.25, 0.3) is 0 Å². The van der Waals surface area contributed by atoms with Crippen molar-refractivity contribution in [2.75, 3.05) is 0 Å². The van der Waals surface area contributed by atoms with Crippen molar-refractivity contribution < 1.29 is 65.7 Å². The van der Waals surface area contributed by atoms with Gasteiger partial charge in [-0.2, -0.15) is 0 Å². The fourth-order valence-corrected chi connectivity index (χ4v) is 0. The molecule has 0 unspecified atom stereocenters. The Kier molecular flexibility index (Phi) is 4070. The van der Waals surface area contributed by atoms with Gasteiger partial charge in [0.1, 0.15) is 0 Å². The molecule has 0 fully saturated rings. The molecule has 0 aromatic carbocycles. The molecular formula is H35Na11O12. The van der Waals surface area contributed by atoms with Crippen molar-refractivity contribution in [2.45, 2.75) is 0 Å². The van der Waals surface area contributed by atoms with Crippen LogP contribution in [-0.4, -0.2) is 391 Å².